The number of hydrogen-bond donors (Lipinski definition) is 0. The summed E-state index contributed by atoms with van der Waals surface area (Å²) in [5, 5.41) is 0.528. The number of hydrogen-bond acceptors (Lipinski definition) is 2. The van der Waals surface area contributed by atoms with Crippen molar-refractivity contribution in [3.8, 4) is 11.3 Å². The fourth-order valence-electron chi connectivity index (χ4n) is 2.04. The molecule has 2 aromatic heterocycles. The van der Waals surface area contributed by atoms with Crippen molar-refractivity contribution in [3.63, 3.8) is 0 Å². The zero-order chi connectivity index (χ0) is 13.4. The lowest BCUT2D eigenvalue weighted by atomic mass is 10.1. The molecule has 0 aliphatic carbocycles. The lowest BCUT2D eigenvalue weighted by Gasteiger charge is -2.06. The van der Waals surface area contributed by atoms with Crippen LogP contribution in [0.1, 0.15) is 11.3 Å². The van der Waals surface area contributed by atoms with Crippen LogP contribution in [0.3, 0.4) is 0 Å². The van der Waals surface area contributed by atoms with Gasteiger partial charge < -0.3 is 0 Å². The molecular weight excluding hydrogens is 239 g/mol. The van der Waals surface area contributed by atoms with Crippen LogP contribution in [0.2, 0.25) is 0 Å². The van der Waals surface area contributed by atoms with Gasteiger partial charge in [0.05, 0.1) is 11.2 Å². The highest BCUT2D eigenvalue weighted by Gasteiger charge is 2.06. The van der Waals surface area contributed by atoms with E-state index in [4.69, 9.17) is 0 Å². The molecule has 0 amide bonds. The molecule has 19 heavy (non-hydrogen) atoms. The molecule has 0 fully saturated rings. The van der Waals surface area contributed by atoms with Gasteiger partial charge in [0.1, 0.15) is 5.82 Å². The molecule has 0 unspecified atom stereocenters. The fraction of sp³-hybridized carbons (Fsp3) is 0.125. The van der Waals surface area contributed by atoms with E-state index in [-0.39, 0.29) is 5.82 Å². The molecule has 2 heterocycles. The molecule has 0 radical (unpaired) electrons. The molecule has 0 saturated heterocycles. The minimum atomic E-state index is -0.254. The average molecular weight is 252 g/mol. The summed E-state index contributed by atoms with van der Waals surface area (Å²) in [4.78, 5) is 8.81. The molecule has 0 atom stereocenters. The fourth-order valence-corrected chi connectivity index (χ4v) is 2.04. The van der Waals surface area contributed by atoms with E-state index in [1.807, 2.05) is 26.0 Å². The molecule has 0 bridgehead atoms. The Morgan fingerprint density at radius 3 is 2.68 bits per heavy atom. The van der Waals surface area contributed by atoms with Crippen LogP contribution in [0.5, 0.6) is 0 Å². The minimum Gasteiger partial charge on any atom is -0.255 e. The van der Waals surface area contributed by atoms with Gasteiger partial charge >= 0.3 is 0 Å². The Morgan fingerprint density at radius 2 is 1.89 bits per heavy atom. The van der Waals surface area contributed by atoms with E-state index in [0.29, 0.717) is 10.9 Å². The second kappa shape index (κ2) is 4.43. The van der Waals surface area contributed by atoms with Gasteiger partial charge in [0.25, 0.3) is 0 Å². The normalized spacial score (nSPS) is 10.9. The number of benzene rings is 1. The molecule has 94 valence electrons. The Balaban J connectivity index is 2.20. The molecule has 1 aromatic carbocycles. The van der Waals surface area contributed by atoms with Crippen LogP contribution in [-0.2, 0) is 0 Å². The van der Waals surface area contributed by atoms with Gasteiger partial charge in [-0.1, -0.05) is 12.1 Å². The van der Waals surface area contributed by atoms with Gasteiger partial charge in [-0.3, -0.25) is 9.97 Å². The predicted molar refractivity (Wildman–Crippen MR) is 74.4 cm³/mol. The van der Waals surface area contributed by atoms with Crippen molar-refractivity contribution in [1.29, 1.82) is 0 Å². The summed E-state index contributed by atoms with van der Waals surface area (Å²) >= 11 is 0. The van der Waals surface area contributed by atoms with Gasteiger partial charge in [-0.05, 0) is 43.7 Å². The van der Waals surface area contributed by atoms with Gasteiger partial charge in [0, 0.05) is 22.8 Å². The van der Waals surface area contributed by atoms with Gasteiger partial charge in [-0.25, -0.2) is 4.39 Å². The Morgan fingerprint density at radius 1 is 1.05 bits per heavy atom. The summed E-state index contributed by atoms with van der Waals surface area (Å²) in [5.41, 5.74) is 4.43. The standard InChI is InChI=1S/C16H13FN2/c1-10-6-7-15(19-11(10)2)12-8-13-14(17)4-3-5-16(13)18-9-12/h3-9H,1-2H3. The smallest absolute Gasteiger partial charge is 0.132 e. The molecule has 0 spiro atoms. The first-order valence-electron chi connectivity index (χ1n) is 6.14. The summed E-state index contributed by atoms with van der Waals surface area (Å²) in [6.07, 6.45) is 1.74. The highest BCUT2D eigenvalue weighted by molar-refractivity contribution is 5.83. The maximum absolute atomic E-state index is 13.8. The maximum Gasteiger partial charge on any atom is 0.132 e. The summed E-state index contributed by atoms with van der Waals surface area (Å²) in [5.74, 6) is -0.254. The Bertz CT molecular complexity index is 766. The third-order valence-electron chi connectivity index (χ3n) is 3.32. The van der Waals surface area contributed by atoms with Crippen LogP contribution < -0.4 is 0 Å². The van der Waals surface area contributed by atoms with Crippen molar-refractivity contribution in [1.82, 2.24) is 9.97 Å². The number of fused-ring (bicyclic) bond motifs is 1. The van der Waals surface area contributed by atoms with E-state index >= 15 is 0 Å². The van der Waals surface area contributed by atoms with Gasteiger partial charge in [-0.2, -0.15) is 0 Å². The topological polar surface area (TPSA) is 25.8 Å². The van der Waals surface area contributed by atoms with Gasteiger partial charge in [0.2, 0.25) is 0 Å². The average Bonchev–Trinajstić information content (AvgIpc) is 2.42. The van der Waals surface area contributed by atoms with E-state index in [1.54, 1.807) is 24.4 Å². The van der Waals surface area contributed by atoms with Crippen molar-refractivity contribution in [2.24, 2.45) is 0 Å². The summed E-state index contributed by atoms with van der Waals surface area (Å²) < 4.78 is 13.8. The number of nitrogens with zero attached hydrogens (tertiary/aromatic N) is 2. The van der Waals surface area contributed by atoms with Crippen molar-refractivity contribution in [2.45, 2.75) is 13.8 Å². The second-order valence-electron chi connectivity index (χ2n) is 4.63. The third kappa shape index (κ3) is 2.08. The molecule has 3 heteroatoms. The Labute approximate surface area is 111 Å². The molecule has 0 N–H and O–H groups in total. The molecule has 0 saturated carbocycles. The number of halogens is 1. The lowest BCUT2D eigenvalue weighted by Crippen LogP contribution is -1.92. The van der Waals surface area contributed by atoms with Crippen LogP contribution >= 0.6 is 0 Å². The van der Waals surface area contributed by atoms with Crippen LogP contribution in [0.15, 0.2) is 42.6 Å². The summed E-state index contributed by atoms with van der Waals surface area (Å²) in [6, 6.07) is 10.7. The van der Waals surface area contributed by atoms with Crippen molar-refractivity contribution >= 4 is 10.9 Å². The number of aryl methyl sites for hydroxylation is 2. The Hall–Kier alpha value is -2.29. The van der Waals surface area contributed by atoms with Crippen molar-refractivity contribution in [2.75, 3.05) is 0 Å². The largest absolute Gasteiger partial charge is 0.255 e. The first kappa shape index (κ1) is 11.8. The number of aromatic nitrogens is 2. The molecule has 0 aliphatic rings. The maximum atomic E-state index is 13.8. The third-order valence-corrected chi connectivity index (χ3v) is 3.32. The van der Waals surface area contributed by atoms with Gasteiger partial charge in [-0.15, -0.1) is 0 Å². The van der Waals surface area contributed by atoms with E-state index < -0.39 is 0 Å². The lowest BCUT2D eigenvalue weighted by molar-refractivity contribution is 0.639. The van der Waals surface area contributed by atoms with E-state index in [1.165, 1.54) is 6.07 Å². The van der Waals surface area contributed by atoms with E-state index in [2.05, 4.69) is 9.97 Å². The highest BCUT2D eigenvalue weighted by Crippen LogP contribution is 2.23. The Kier molecular flexibility index (Phi) is 2.75. The number of rotatable bonds is 1. The monoisotopic (exact) mass is 252 g/mol. The molecule has 2 nitrogen and oxygen atoms in total. The SMILES string of the molecule is Cc1ccc(-c2cnc3cccc(F)c3c2)nc1C. The molecule has 3 rings (SSSR count). The molecular formula is C16H13FN2. The zero-order valence-electron chi connectivity index (χ0n) is 10.8. The molecule has 3 aromatic rings. The second-order valence-corrected chi connectivity index (χ2v) is 4.63. The summed E-state index contributed by atoms with van der Waals surface area (Å²) in [6.45, 7) is 3.98. The quantitative estimate of drug-likeness (QED) is 0.653. The van der Waals surface area contributed by atoms with E-state index in [9.17, 15) is 4.39 Å². The van der Waals surface area contributed by atoms with Crippen molar-refractivity contribution < 1.29 is 4.39 Å². The summed E-state index contributed by atoms with van der Waals surface area (Å²) in [7, 11) is 0. The first-order valence-corrected chi connectivity index (χ1v) is 6.14. The van der Waals surface area contributed by atoms with E-state index in [0.717, 1.165) is 22.5 Å². The first-order chi connectivity index (χ1) is 9.15. The van der Waals surface area contributed by atoms with Crippen molar-refractivity contribution in [3.05, 3.63) is 59.7 Å². The molecule has 0 aliphatic heterocycles. The number of pyridine rings is 2. The van der Waals surface area contributed by atoms with Crippen LogP contribution in [0.4, 0.5) is 4.39 Å². The minimum absolute atomic E-state index is 0.254. The van der Waals surface area contributed by atoms with Crippen LogP contribution in [0, 0.1) is 19.7 Å². The zero-order valence-corrected chi connectivity index (χ0v) is 10.8. The van der Waals surface area contributed by atoms with Crippen LogP contribution in [-0.4, -0.2) is 9.97 Å². The van der Waals surface area contributed by atoms with Crippen LogP contribution in [0.25, 0.3) is 22.2 Å². The highest BCUT2D eigenvalue weighted by atomic mass is 19.1. The van der Waals surface area contributed by atoms with Gasteiger partial charge in [0.15, 0.2) is 0 Å². The predicted octanol–water partition coefficient (Wildman–Crippen LogP) is 4.05.